The van der Waals surface area contributed by atoms with Crippen LogP contribution in [0, 0.1) is 5.92 Å². The maximum absolute atomic E-state index is 12.3. The molecule has 102 valence electrons. The van der Waals surface area contributed by atoms with Crippen molar-refractivity contribution in [3.63, 3.8) is 0 Å². The molecule has 1 aromatic carbocycles. The Bertz CT molecular complexity index is 449. The summed E-state index contributed by atoms with van der Waals surface area (Å²) in [6.45, 7) is 4.74. The van der Waals surface area contributed by atoms with E-state index in [4.69, 9.17) is 5.73 Å². The molecule has 1 atom stereocenters. The molecule has 4 heteroatoms. The smallest absolute Gasteiger partial charge is 0.236 e. The minimum Gasteiger partial charge on any atom is -0.341 e. The Labute approximate surface area is 114 Å². The highest BCUT2D eigenvalue weighted by Gasteiger charge is 2.27. The van der Waals surface area contributed by atoms with E-state index >= 15 is 0 Å². The molecule has 2 heterocycles. The SMILES string of the molecule is NCC1CCN(C(=O)CN2Cc3ccccc3C2)C1. The van der Waals surface area contributed by atoms with Crippen LogP contribution in [0.1, 0.15) is 17.5 Å². The van der Waals surface area contributed by atoms with Gasteiger partial charge < -0.3 is 10.6 Å². The predicted octanol–water partition coefficient (Wildman–Crippen LogP) is 0.809. The lowest BCUT2D eigenvalue weighted by molar-refractivity contribution is -0.131. The van der Waals surface area contributed by atoms with Gasteiger partial charge in [0.05, 0.1) is 6.54 Å². The average molecular weight is 259 g/mol. The molecule has 19 heavy (non-hydrogen) atoms. The van der Waals surface area contributed by atoms with Crippen molar-refractivity contribution in [1.82, 2.24) is 9.80 Å². The third-order valence-electron chi connectivity index (χ3n) is 4.24. The molecule has 0 bridgehead atoms. The van der Waals surface area contributed by atoms with Crippen LogP contribution in [0.15, 0.2) is 24.3 Å². The molecule has 2 aliphatic rings. The fourth-order valence-corrected chi connectivity index (χ4v) is 3.06. The highest BCUT2D eigenvalue weighted by molar-refractivity contribution is 5.78. The largest absolute Gasteiger partial charge is 0.341 e. The van der Waals surface area contributed by atoms with Crippen molar-refractivity contribution < 1.29 is 4.79 Å². The lowest BCUT2D eigenvalue weighted by Gasteiger charge is -2.20. The standard InChI is InChI=1S/C15H21N3O/c16-7-12-5-6-18(8-12)15(19)11-17-9-13-3-1-2-4-14(13)10-17/h1-4,12H,5-11,16H2. The van der Waals surface area contributed by atoms with E-state index < -0.39 is 0 Å². The topological polar surface area (TPSA) is 49.6 Å². The number of amides is 1. The van der Waals surface area contributed by atoms with Crippen molar-refractivity contribution in [3.05, 3.63) is 35.4 Å². The summed E-state index contributed by atoms with van der Waals surface area (Å²) in [4.78, 5) is 16.5. The number of hydrogen-bond donors (Lipinski definition) is 1. The second kappa shape index (κ2) is 5.31. The van der Waals surface area contributed by atoms with Crippen molar-refractivity contribution in [2.75, 3.05) is 26.2 Å². The maximum Gasteiger partial charge on any atom is 0.236 e. The molecule has 0 aromatic heterocycles. The first kappa shape index (κ1) is 12.6. The molecule has 1 unspecified atom stereocenters. The van der Waals surface area contributed by atoms with Gasteiger partial charge in [-0.15, -0.1) is 0 Å². The van der Waals surface area contributed by atoms with E-state index in [1.165, 1.54) is 11.1 Å². The molecule has 0 spiro atoms. The van der Waals surface area contributed by atoms with Gasteiger partial charge >= 0.3 is 0 Å². The van der Waals surface area contributed by atoms with Crippen LogP contribution in [0.25, 0.3) is 0 Å². The molecule has 2 aliphatic heterocycles. The number of carbonyl (C=O) groups excluding carboxylic acids is 1. The number of nitrogens with zero attached hydrogens (tertiary/aromatic N) is 2. The number of rotatable bonds is 3. The monoisotopic (exact) mass is 259 g/mol. The first-order valence-electron chi connectivity index (χ1n) is 7.03. The van der Waals surface area contributed by atoms with E-state index in [0.29, 0.717) is 19.0 Å². The number of hydrogen-bond acceptors (Lipinski definition) is 3. The van der Waals surface area contributed by atoms with E-state index in [9.17, 15) is 4.79 Å². The highest BCUT2D eigenvalue weighted by atomic mass is 16.2. The zero-order chi connectivity index (χ0) is 13.2. The van der Waals surface area contributed by atoms with Crippen molar-refractivity contribution in [3.8, 4) is 0 Å². The number of nitrogens with two attached hydrogens (primary N) is 1. The summed E-state index contributed by atoms with van der Waals surface area (Å²) in [6, 6.07) is 8.44. The van der Waals surface area contributed by atoms with Gasteiger partial charge in [0.1, 0.15) is 0 Å². The van der Waals surface area contributed by atoms with Gasteiger partial charge in [-0.1, -0.05) is 24.3 Å². The fourth-order valence-electron chi connectivity index (χ4n) is 3.06. The summed E-state index contributed by atoms with van der Waals surface area (Å²) in [5.74, 6) is 0.753. The van der Waals surface area contributed by atoms with Crippen molar-refractivity contribution >= 4 is 5.91 Å². The molecule has 1 saturated heterocycles. The Hall–Kier alpha value is -1.39. The predicted molar refractivity (Wildman–Crippen MR) is 74.3 cm³/mol. The van der Waals surface area contributed by atoms with Gasteiger partial charge in [-0.2, -0.15) is 0 Å². The summed E-state index contributed by atoms with van der Waals surface area (Å²) in [7, 11) is 0. The van der Waals surface area contributed by atoms with Crippen LogP contribution in [0.2, 0.25) is 0 Å². The van der Waals surface area contributed by atoms with Crippen molar-refractivity contribution in [2.45, 2.75) is 19.5 Å². The summed E-state index contributed by atoms with van der Waals surface area (Å²) in [6.07, 6.45) is 1.06. The number of carbonyl (C=O) groups is 1. The normalized spacial score (nSPS) is 22.8. The molecule has 3 rings (SSSR count). The molecule has 4 nitrogen and oxygen atoms in total. The molecule has 1 amide bonds. The van der Waals surface area contributed by atoms with Crippen LogP contribution in [0.5, 0.6) is 0 Å². The number of likely N-dealkylation sites (tertiary alicyclic amines) is 1. The van der Waals surface area contributed by atoms with E-state index in [-0.39, 0.29) is 5.91 Å². The minimum atomic E-state index is 0.253. The van der Waals surface area contributed by atoms with Crippen LogP contribution >= 0.6 is 0 Å². The van der Waals surface area contributed by atoms with Gasteiger partial charge in [-0.05, 0) is 30.0 Å². The van der Waals surface area contributed by atoms with Gasteiger partial charge in [0.2, 0.25) is 5.91 Å². The van der Waals surface area contributed by atoms with E-state index in [1.807, 2.05) is 4.90 Å². The van der Waals surface area contributed by atoms with Crippen LogP contribution in [0.3, 0.4) is 0 Å². The molecule has 2 N–H and O–H groups in total. The molecule has 1 aromatic rings. The summed E-state index contributed by atoms with van der Waals surface area (Å²) < 4.78 is 0. The Balaban J connectivity index is 1.55. The molecular formula is C15H21N3O. The van der Waals surface area contributed by atoms with E-state index in [0.717, 1.165) is 32.6 Å². The Morgan fingerprint density at radius 1 is 1.26 bits per heavy atom. The molecule has 1 fully saturated rings. The van der Waals surface area contributed by atoms with Gasteiger partial charge in [0, 0.05) is 26.2 Å². The van der Waals surface area contributed by atoms with Gasteiger partial charge in [0.25, 0.3) is 0 Å². The minimum absolute atomic E-state index is 0.253. The Kier molecular flexibility index (Phi) is 3.53. The Morgan fingerprint density at radius 2 is 1.95 bits per heavy atom. The lowest BCUT2D eigenvalue weighted by atomic mass is 10.1. The highest BCUT2D eigenvalue weighted by Crippen LogP contribution is 2.22. The summed E-state index contributed by atoms with van der Waals surface area (Å²) in [5, 5.41) is 0. The van der Waals surface area contributed by atoms with Crippen LogP contribution in [-0.2, 0) is 17.9 Å². The van der Waals surface area contributed by atoms with Crippen LogP contribution in [0.4, 0.5) is 0 Å². The fraction of sp³-hybridized carbons (Fsp3) is 0.533. The van der Waals surface area contributed by atoms with E-state index in [1.54, 1.807) is 0 Å². The number of fused-ring (bicyclic) bond motifs is 1. The molecular weight excluding hydrogens is 238 g/mol. The third-order valence-corrected chi connectivity index (χ3v) is 4.24. The lowest BCUT2D eigenvalue weighted by Crippen LogP contribution is -2.37. The Morgan fingerprint density at radius 3 is 2.53 bits per heavy atom. The van der Waals surface area contributed by atoms with Crippen LogP contribution in [-0.4, -0.2) is 41.9 Å². The quantitative estimate of drug-likeness (QED) is 0.874. The number of benzene rings is 1. The van der Waals surface area contributed by atoms with Gasteiger partial charge in [0.15, 0.2) is 0 Å². The average Bonchev–Trinajstić information content (AvgIpc) is 3.04. The summed E-state index contributed by atoms with van der Waals surface area (Å²) >= 11 is 0. The van der Waals surface area contributed by atoms with E-state index in [2.05, 4.69) is 29.2 Å². The molecule has 0 saturated carbocycles. The summed E-state index contributed by atoms with van der Waals surface area (Å²) in [5.41, 5.74) is 8.38. The molecule has 0 aliphatic carbocycles. The second-order valence-corrected chi connectivity index (χ2v) is 5.64. The van der Waals surface area contributed by atoms with Gasteiger partial charge in [-0.3, -0.25) is 9.69 Å². The zero-order valence-electron chi connectivity index (χ0n) is 11.2. The maximum atomic E-state index is 12.3. The first-order valence-corrected chi connectivity index (χ1v) is 7.03. The van der Waals surface area contributed by atoms with Crippen LogP contribution < -0.4 is 5.73 Å². The second-order valence-electron chi connectivity index (χ2n) is 5.64. The first-order chi connectivity index (χ1) is 9.26. The zero-order valence-corrected chi connectivity index (χ0v) is 11.2. The van der Waals surface area contributed by atoms with Gasteiger partial charge in [-0.25, -0.2) is 0 Å². The van der Waals surface area contributed by atoms with Crippen molar-refractivity contribution in [1.29, 1.82) is 0 Å². The third kappa shape index (κ3) is 2.65. The van der Waals surface area contributed by atoms with Crippen molar-refractivity contribution in [2.24, 2.45) is 11.7 Å². The molecule has 0 radical (unpaired) electrons.